The van der Waals surface area contributed by atoms with Crippen LogP contribution in [-0.2, 0) is 11.2 Å². The van der Waals surface area contributed by atoms with Crippen LogP contribution in [0.2, 0.25) is 0 Å². The molecule has 2 aromatic rings. The van der Waals surface area contributed by atoms with Gasteiger partial charge < -0.3 is 24.3 Å². The largest absolute Gasteiger partial charge is 0.493 e. The number of piperazine rings is 1. The van der Waals surface area contributed by atoms with Gasteiger partial charge in [0.2, 0.25) is 0 Å². The van der Waals surface area contributed by atoms with E-state index in [2.05, 4.69) is 51.1 Å². The Labute approximate surface area is 214 Å². The maximum Gasteiger partial charge on any atom is 0.163 e. The Morgan fingerprint density at radius 2 is 1.81 bits per heavy atom. The highest BCUT2D eigenvalue weighted by molar-refractivity contribution is 5.59. The molecule has 5 rings (SSSR count). The van der Waals surface area contributed by atoms with Gasteiger partial charge in [-0.05, 0) is 56.2 Å². The van der Waals surface area contributed by atoms with Crippen molar-refractivity contribution in [2.24, 2.45) is 0 Å². The molecule has 1 saturated carbocycles. The third-order valence-electron chi connectivity index (χ3n) is 7.98. The topological polar surface area (TPSA) is 65.5 Å². The maximum atomic E-state index is 12.3. The van der Waals surface area contributed by atoms with E-state index >= 15 is 0 Å². The minimum absolute atomic E-state index is 0.162. The Morgan fingerprint density at radius 1 is 1.00 bits per heavy atom. The number of likely N-dealkylation sites (tertiary alicyclic amines) is 1. The lowest BCUT2D eigenvalue weighted by molar-refractivity contribution is -0.120. The van der Waals surface area contributed by atoms with Crippen LogP contribution < -0.4 is 14.4 Å². The Hall–Kier alpha value is -2.61. The molecule has 0 radical (unpaired) electrons. The Balaban J connectivity index is 1.37. The Morgan fingerprint density at radius 3 is 2.50 bits per heavy atom. The molecule has 2 heterocycles. The number of aliphatic hydroxyl groups is 1. The van der Waals surface area contributed by atoms with Crippen LogP contribution in [0.15, 0.2) is 48.5 Å². The molecule has 7 heteroatoms. The lowest BCUT2D eigenvalue weighted by Crippen LogP contribution is -2.61. The molecule has 0 spiro atoms. The zero-order valence-corrected chi connectivity index (χ0v) is 21.3. The number of benzene rings is 2. The Kier molecular flexibility index (Phi) is 8.09. The number of nitrogens with zero attached hydrogens (tertiary/aromatic N) is 3. The van der Waals surface area contributed by atoms with Crippen LogP contribution in [0.5, 0.6) is 11.5 Å². The van der Waals surface area contributed by atoms with E-state index in [4.69, 9.17) is 9.47 Å². The number of ether oxygens (including phenoxy) is 2. The van der Waals surface area contributed by atoms with Crippen molar-refractivity contribution in [3.63, 3.8) is 0 Å². The van der Waals surface area contributed by atoms with Gasteiger partial charge in [-0.1, -0.05) is 30.3 Å². The van der Waals surface area contributed by atoms with Crippen LogP contribution in [0.25, 0.3) is 0 Å². The molecule has 1 N–H and O–H groups in total. The number of methoxy groups -OCH3 is 1. The summed E-state index contributed by atoms with van der Waals surface area (Å²) in [6.07, 6.45) is 6.90. The number of hydrogen-bond acceptors (Lipinski definition) is 7. The minimum Gasteiger partial charge on any atom is -0.493 e. The second-order valence-electron chi connectivity index (χ2n) is 10.4. The van der Waals surface area contributed by atoms with Crippen molar-refractivity contribution in [2.45, 2.75) is 62.9 Å². The summed E-state index contributed by atoms with van der Waals surface area (Å²) in [4.78, 5) is 19.2. The number of hydrogen-bond donors (Lipinski definition) is 1. The lowest BCUT2D eigenvalue weighted by Gasteiger charge is -2.46. The summed E-state index contributed by atoms with van der Waals surface area (Å²) in [5.74, 6) is 1.60. The predicted molar refractivity (Wildman–Crippen MR) is 141 cm³/mol. The van der Waals surface area contributed by atoms with Gasteiger partial charge in [0.05, 0.1) is 19.3 Å². The van der Waals surface area contributed by atoms with Crippen molar-refractivity contribution in [1.82, 2.24) is 9.80 Å². The summed E-state index contributed by atoms with van der Waals surface area (Å²) in [7, 11) is 1.69. The van der Waals surface area contributed by atoms with Crippen molar-refractivity contribution in [2.75, 3.05) is 44.7 Å². The predicted octanol–water partition coefficient (Wildman–Crippen LogP) is 3.34. The highest BCUT2D eigenvalue weighted by Crippen LogP contribution is 2.36. The van der Waals surface area contributed by atoms with Crippen LogP contribution in [0, 0.1) is 0 Å². The van der Waals surface area contributed by atoms with Gasteiger partial charge in [0.15, 0.2) is 17.8 Å². The number of carbonyl (C=O) groups excluding carboxylic acids is 1. The van der Waals surface area contributed by atoms with Gasteiger partial charge in [-0.25, -0.2) is 0 Å². The number of anilines is 1. The van der Waals surface area contributed by atoms with E-state index in [1.54, 1.807) is 7.11 Å². The molecular formula is C29H39N3O4. The fourth-order valence-electron chi connectivity index (χ4n) is 6.04. The van der Waals surface area contributed by atoms with E-state index in [9.17, 15) is 9.90 Å². The number of aldehydes is 1. The third-order valence-corrected chi connectivity index (χ3v) is 7.98. The third kappa shape index (κ3) is 5.69. The minimum atomic E-state index is -0.348. The van der Waals surface area contributed by atoms with Crippen molar-refractivity contribution in [1.29, 1.82) is 0 Å². The first-order chi connectivity index (χ1) is 17.6. The van der Waals surface area contributed by atoms with Gasteiger partial charge in [0, 0.05) is 50.5 Å². The molecule has 0 bridgehead atoms. The molecule has 2 aromatic carbocycles. The molecule has 3 aliphatic rings. The number of carbonyl (C=O) groups is 1. The van der Waals surface area contributed by atoms with Crippen molar-refractivity contribution < 1.29 is 19.4 Å². The average Bonchev–Trinajstić information content (AvgIpc) is 3.58. The summed E-state index contributed by atoms with van der Waals surface area (Å²) in [6.45, 7) is 3.72. The van der Waals surface area contributed by atoms with Gasteiger partial charge in [-0.15, -0.1) is 0 Å². The summed E-state index contributed by atoms with van der Waals surface area (Å²) < 4.78 is 12.0. The zero-order chi connectivity index (χ0) is 24.9. The second-order valence-corrected chi connectivity index (χ2v) is 10.4. The molecule has 3 fully saturated rings. The van der Waals surface area contributed by atoms with Gasteiger partial charge in [-0.3, -0.25) is 9.80 Å². The smallest absolute Gasteiger partial charge is 0.163 e. The molecular weight excluding hydrogens is 454 g/mol. The van der Waals surface area contributed by atoms with Crippen LogP contribution in [0.3, 0.4) is 0 Å². The molecule has 7 nitrogen and oxygen atoms in total. The summed E-state index contributed by atoms with van der Waals surface area (Å²) in [5.41, 5.74) is 2.39. The SMILES string of the molecule is COc1ccc(N2CCN(C(C=O)N3CC[C@@H](O)C3)[C@@H](Cc3ccccc3)C2)cc1OC1CCCC1. The van der Waals surface area contributed by atoms with Crippen LogP contribution >= 0.6 is 0 Å². The highest BCUT2D eigenvalue weighted by Gasteiger charge is 2.37. The van der Waals surface area contributed by atoms with E-state index in [-0.39, 0.29) is 24.4 Å². The second kappa shape index (κ2) is 11.6. The maximum absolute atomic E-state index is 12.3. The average molecular weight is 494 g/mol. The fourth-order valence-corrected chi connectivity index (χ4v) is 6.04. The van der Waals surface area contributed by atoms with Crippen LogP contribution in [0.1, 0.15) is 37.7 Å². The first-order valence-corrected chi connectivity index (χ1v) is 13.4. The number of β-amino-alcohol motifs (C(OH)–C–C–N with tert-alkyl or cyclic N) is 1. The first kappa shape index (κ1) is 25.1. The molecule has 1 unspecified atom stereocenters. The standard InChI is InChI=1S/C29H39N3O4/c1-35-27-12-11-23(18-28(27)36-26-9-5-6-10-26)30-15-16-32(29(21-33)31-14-13-25(34)20-31)24(19-30)17-22-7-3-2-4-8-22/h2-4,7-8,11-12,18,21,24-26,29,34H,5-6,9-10,13-17,19-20H2,1H3/t24-,25+,29?/m0/s1. The highest BCUT2D eigenvalue weighted by atomic mass is 16.5. The quantitative estimate of drug-likeness (QED) is 0.538. The van der Waals surface area contributed by atoms with E-state index in [0.29, 0.717) is 6.54 Å². The van der Waals surface area contributed by atoms with Crippen LogP contribution in [0.4, 0.5) is 5.69 Å². The molecule has 0 amide bonds. The Bertz CT molecular complexity index is 997. The molecule has 36 heavy (non-hydrogen) atoms. The fraction of sp³-hybridized carbons (Fsp3) is 0.552. The molecule has 194 valence electrons. The van der Waals surface area contributed by atoms with Crippen LogP contribution in [-0.4, -0.2) is 85.4 Å². The molecule has 1 aliphatic carbocycles. The molecule has 2 saturated heterocycles. The van der Waals surface area contributed by atoms with Crippen molar-refractivity contribution in [3.8, 4) is 11.5 Å². The monoisotopic (exact) mass is 493 g/mol. The number of rotatable bonds is 9. The van der Waals surface area contributed by atoms with E-state index in [1.807, 2.05) is 12.1 Å². The normalized spacial score (nSPS) is 24.7. The lowest BCUT2D eigenvalue weighted by atomic mass is 10.0. The van der Waals surface area contributed by atoms with Gasteiger partial charge >= 0.3 is 0 Å². The summed E-state index contributed by atoms with van der Waals surface area (Å²) in [5, 5.41) is 10.1. The first-order valence-electron chi connectivity index (χ1n) is 13.4. The van der Waals surface area contributed by atoms with E-state index < -0.39 is 0 Å². The number of aliphatic hydroxyl groups excluding tert-OH is 1. The van der Waals surface area contributed by atoms with Gasteiger partial charge in [0.1, 0.15) is 6.17 Å². The summed E-state index contributed by atoms with van der Waals surface area (Å²) in [6, 6.07) is 16.9. The van der Waals surface area contributed by atoms with Crippen molar-refractivity contribution >= 4 is 12.0 Å². The zero-order valence-electron chi connectivity index (χ0n) is 21.3. The van der Waals surface area contributed by atoms with E-state index in [1.165, 1.54) is 18.4 Å². The molecule has 2 aliphatic heterocycles. The summed E-state index contributed by atoms with van der Waals surface area (Å²) >= 11 is 0. The molecule has 0 aromatic heterocycles. The van der Waals surface area contributed by atoms with Gasteiger partial charge in [0.25, 0.3) is 0 Å². The van der Waals surface area contributed by atoms with E-state index in [0.717, 1.165) is 75.3 Å². The molecule has 3 atom stereocenters. The van der Waals surface area contributed by atoms with Crippen molar-refractivity contribution in [3.05, 3.63) is 54.1 Å². The van der Waals surface area contributed by atoms with Gasteiger partial charge in [-0.2, -0.15) is 0 Å².